The van der Waals surface area contributed by atoms with Gasteiger partial charge in [0.25, 0.3) is 0 Å². The zero-order chi connectivity index (χ0) is 14.4. The lowest BCUT2D eigenvalue weighted by atomic mass is 10.1. The number of hydrogen-bond acceptors (Lipinski definition) is 3. The van der Waals surface area contributed by atoms with Crippen molar-refractivity contribution in [2.75, 3.05) is 12.3 Å². The lowest BCUT2D eigenvalue weighted by molar-refractivity contribution is 0.577. The summed E-state index contributed by atoms with van der Waals surface area (Å²) in [6.07, 6.45) is 1.33. The van der Waals surface area contributed by atoms with E-state index in [0.29, 0.717) is 19.5 Å². The van der Waals surface area contributed by atoms with E-state index in [1.165, 1.54) is 0 Å². The number of rotatable bonds is 7. The smallest absolute Gasteiger partial charge is 0.211 e. The molecule has 4 nitrogen and oxygen atoms in total. The van der Waals surface area contributed by atoms with Gasteiger partial charge < -0.3 is 5.73 Å². The molecular formula is C15H20N2O2S. The molecule has 0 bridgehead atoms. The summed E-state index contributed by atoms with van der Waals surface area (Å²) in [6, 6.07) is 13.9. The molecule has 0 saturated carbocycles. The van der Waals surface area contributed by atoms with Crippen LogP contribution in [0.1, 0.15) is 18.4 Å². The first-order valence-corrected chi connectivity index (χ1v) is 8.42. The van der Waals surface area contributed by atoms with Crippen LogP contribution >= 0.6 is 0 Å². The van der Waals surface area contributed by atoms with Gasteiger partial charge in [-0.1, -0.05) is 42.5 Å². The molecule has 0 aromatic heterocycles. The fraction of sp³-hybridized carbons (Fsp3) is 0.333. The van der Waals surface area contributed by atoms with Crippen molar-refractivity contribution in [2.24, 2.45) is 5.73 Å². The average molecular weight is 292 g/mol. The van der Waals surface area contributed by atoms with Crippen LogP contribution in [0.5, 0.6) is 0 Å². The summed E-state index contributed by atoms with van der Waals surface area (Å²) in [6.45, 7) is 0.852. The van der Waals surface area contributed by atoms with Crippen molar-refractivity contribution in [3.8, 4) is 0 Å². The van der Waals surface area contributed by atoms with Crippen molar-refractivity contribution >= 4 is 20.8 Å². The molecule has 5 heteroatoms. The molecule has 2 rings (SSSR count). The molecule has 0 aliphatic heterocycles. The van der Waals surface area contributed by atoms with Crippen LogP contribution in [0.2, 0.25) is 0 Å². The molecule has 0 amide bonds. The first kappa shape index (κ1) is 15.0. The molecule has 0 radical (unpaired) electrons. The predicted octanol–water partition coefficient (Wildman–Crippen LogP) is 2.00. The van der Waals surface area contributed by atoms with E-state index < -0.39 is 10.0 Å². The number of unbranched alkanes of at least 4 members (excludes halogenated alkanes) is 1. The lowest BCUT2D eigenvalue weighted by Crippen LogP contribution is -2.26. The molecule has 2 aromatic rings. The van der Waals surface area contributed by atoms with Gasteiger partial charge in [-0.15, -0.1) is 0 Å². The van der Waals surface area contributed by atoms with Crippen molar-refractivity contribution in [3.63, 3.8) is 0 Å². The Morgan fingerprint density at radius 2 is 1.75 bits per heavy atom. The molecule has 0 aliphatic rings. The highest BCUT2D eigenvalue weighted by atomic mass is 32.2. The van der Waals surface area contributed by atoms with Crippen molar-refractivity contribution in [1.29, 1.82) is 0 Å². The van der Waals surface area contributed by atoms with Crippen molar-refractivity contribution in [3.05, 3.63) is 48.0 Å². The van der Waals surface area contributed by atoms with Crippen LogP contribution in [0.3, 0.4) is 0 Å². The Bertz CT molecular complexity index is 663. The fourth-order valence-electron chi connectivity index (χ4n) is 2.14. The quantitative estimate of drug-likeness (QED) is 0.767. The van der Waals surface area contributed by atoms with Gasteiger partial charge in [-0.25, -0.2) is 13.1 Å². The number of benzene rings is 2. The minimum atomic E-state index is -3.23. The molecule has 0 saturated heterocycles. The van der Waals surface area contributed by atoms with Gasteiger partial charge in [0.15, 0.2) is 0 Å². The van der Waals surface area contributed by atoms with E-state index in [1.807, 2.05) is 42.5 Å². The van der Waals surface area contributed by atoms with Crippen LogP contribution in [-0.4, -0.2) is 20.7 Å². The van der Waals surface area contributed by atoms with Gasteiger partial charge in [-0.2, -0.15) is 0 Å². The maximum absolute atomic E-state index is 11.9. The Morgan fingerprint density at radius 1 is 1.00 bits per heavy atom. The van der Waals surface area contributed by atoms with E-state index >= 15 is 0 Å². The largest absolute Gasteiger partial charge is 0.330 e. The SMILES string of the molecule is NCCCCS(=O)(=O)NCc1cccc2ccccc12. The topological polar surface area (TPSA) is 72.2 Å². The van der Waals surface area contributed by atoms with E-state index in [9.17, 15) is 8.42 Å². The summed E-state index contributed by atoms with van der Waals surface area (Å²) in [5.41, 5.74) is 6.36. The highest BCUT2D eigenvalue weighted by Crippen LogP contribution is 2.18. The number of hydrogen-bond donors (Lipinski definition) is 2. The van der Waals surface area contributed by atoms with Crippen molar-refractivity contribution in [2.45, 2.75) is 19.4 Å². The van der Waals surface area contributed by atoms with Gasteiger partial charge in [0, 0.05) is 6.54 Å². The van der Waals surface area contributed by atoms with Crippen LogP contribution in [0.15, 0.2) is 42.5 Å². The minimum absolute atomic E-state index is 0.134. The van der Waals surface area contributed by atoms with Crippen molar-refractivity contribution < 1.29 is 8.42 Å². The van der Waals surface area contributed by atoms with Crippen LogP contribution in [-0.2, 0) is 16.6 Å². The normalized spacial score (nSPS) is 11.8. The summed E-state index contributed by atoms with van der Waals surface area (Å²) >= 11 is 0. The van der Waals surface area contributed by atoms with Crippen LogP contribution in [0.25, 0.3) is 10.8 Å². The zero-order valence-corrected chi connectivity index (χ0v) is 12.2. The Balaban J connectivity index is 2.06. The standard InChI is InChI=1S/C15H20N2O2S/c16-10-3-4-11-20(18,19)17-12-14-8-5-7-13-6-1-2-9-15(13)14/h1-2,5-9,17H,3-4,10-12,16H2. The summed E-state index contributed by atoms with van der Waals surface area (Å²) in [4.78, 5) is 0. The van der Waals surface area contributed by atoms with E-state index in [2.05, 4.69) is 4.72 Å². The molecule has 0 fully saturated rings. The van der Waals surface area contributed by atoms with Gasteiger partial charge in [0.1, 0.15) is 0 Å². The first-order chi connectivity index (χ1) is 9.62. The van der Waals surface area contributed by atoms with E-state index in [4.69, 9.17) is 5.73 Å². The molecule has 2 aromatic carbocycles. The summed E-state index contributed by atoms with van der Waals surface area (Å²) in [7, 11) is -3.23. The first-order valence-electron chi connectivity index (χ1n) is 6.76. The Morgan fingerprint density at radius 3 is 2.55 bits per heavy atom. The maximum Gasteiger partial charge on any atom is 0.211 e. The predicted molar refractivity (Wildman–Crippen MR) is 82.9 cm³/mol. The molecule has 0 atom stereocenters. The summed E-state index contributed by atoms with van der Waals surface area (Å²) < 4.78 is 26.4. The lowest BCUT2D eigenvalue weighted by Gasteiger charge is -2.09. The average Bonchev–Trinajstić information content (AvgIpc) is 2.45. The van der Waals surface area contributed by atoms with Gasteiger partial charge >= 0.3 is 0 Å². The van der Waals surface area contributed by atoms with E-state index in [-0.39, 0.29) is 5.75 Å². The Hall–Kier alpha value is -1.43. The molecule has 0 spiro atoms. The summed E-state index contributed by atoms with van der Waals surface area (Å²) in [5, 5.41) is 2.20. The number of nitrogens with one attached hydrogen (secondary N) is 1. The number of fused-ring (bicyclic) bond motifs is 1. The Kier molecular flexibility index (Phi) is 5.11. The molecule has 108 valence electrons. The second-order valence-corrected chi connectivity index (χ2v) is 6.70. The molecule has 20 heavy (non-hydrogen) atoms. The molecule has 3 N–H and O–H groups in total. The van der Waals surface area contributed by atoms with Gasteiger partial charge in [-0.05, 0) is 35.7 Å². The summed E-state index contributed by atoms with van der Waals surface area (Å²) in [5.74, 6) is 0.134. The molecule has 0 heterocycles. The molecular weight excluding hydrogens is 272 g/mol. The fourth-order valence-corrected chi connectivity index (χ4v) is 3.25. The third-order valence-electron chi connectivity index (χ3n) is 3.23. The second kappa shape index (κ2) is 6.83. The van der Waals surface area contributed by atoms with Gasteiger partial charge in [0.05, 0.1) is 5.75 Å². The Labute approximate surface area is 120 Å². The van der Waals surface area contributed by atoms with E-state index in [1.54, 1.807) is 0 Å². The highest BCUT2D eigenvalue weighted by Gasteiger charge is 2.10. The van der Waals surface area contributed by atoms with Crippen molar-refractivity contribution in [1.82, 2.24) is 4.72 Å². The van der Waals surface area contributed by atoms with Crippen LogP contribution in [0, 0.1) is 0 Å². The monoisotopic (exact) mass is 292 g/mol. The second-order valence-electron chi connectivity index (χ2n) is 4.77. The third-order valence-corrected chi connectivity index (χ3v) is 4.64. The zero-order valence-electron chi connectivity index (χ0n) is 11.4. The molecule has 0 unspecified atom stereocenters. The van der Waals surface area contributed by atoms with Gasteiger partial charge in [-0.3, -0.25) is 0 Å². The van der Waals surface area contributed by atoms with Crippen LogP contribution in [0.4, 0.5) is 0 Å². The minimum Gasteiger partial charge on any atom is -0.330 e. The number of nitrogens with two attached hydrogens (primary N) is 1. The third kappa shape index (κ3) is 4.03. The van der Waals surface area contributed by atoms with E-state index in [0.717, 1.165) is 22.8 Å². The molecule has 0 aliphatic carbocycles. The number of sulfonamides is 1. The highest BCUT2D eigenvalue weighted by molar-refractivity contribution is 7.89. The maximum atomic E-state index is 11.9. The van der Waals surface area contributed by atoms with Gasteiger partial charge in [0.2, 0.25) is 10.0 Å². The van der Waals surface area contributed by atoms with Crippen LogP contribution < -0.4 is 10.5 Å².